The Hall–Kier alpha value is -2.42. The van der Waals surface area contributed by atoms with Gasteiger partial charge in [0.1, 0.15) is 11.4 Å². The van der Waals surface area contributed by atoms with Crippen LogP contribution in [0, 0.1) is 10.1 Å². The van der Waals surface area contributed by atoms with Crippen molar-refractivity contribution in [1.29, 1.82) is 0 Å². The number of nitrogens with one attached hydrogen (secondary N) is 2. The average molecular weight is 630 g/mol. The smallest absolute Gasteiger partial charge is 0.289 e. The Morgan fingerprint density at radius 2 is 2.03 bits per heavy atom. The summed E-state index contributed by atoms with van der Waals surface area (Å²) in [5, 5.41) is 17.0. The SMILES string of the molecule is O=CC[C@@H](Cc1sc2c(NCc3cccs3)cc(Cl)nc2c1Br)NS(=O)(=O)c1ccccc1[N+](=O)[O-]. The number of para-hydroxylation sites is 1. The van der Waals surface area contributed by atoms with E-state index in [0.29, 0.717) is 28.0 Å². The van der Waals surface area contributed by atoms with Crippen LogP contribution in [-0.4, -0.2) is 30.7 Å². The van der Waals surface area contributed by atoms with E-state index in [2.05, 4.69) is 31.0 Å². The fraction of sp³-hybridized carbons (Fsp3) is 0.182. The van der Waals surface area contributed by atoms with Crippen LogP contribution >= 0.6 is 50.2 Å². The number of thiophene rings is 2. The van der Waals surface area contributed by atoms with Crippen LogP contribution in [0.4, 0.5) is 11.4 Å². The highest BCUT2D eigenvalue weighted by molar-refractivity contribution is 9.10. The molecule has 2 N–H and O–H groups in total. The number of rotatable bonds is 11. The number of benzene rings is 1. The molecule has 0 bridgehead atoms. The zero-order chi connectivity index (χ0) is 25.9. The minimum absolute atomic E-state index is 0.127. The molecule has 188 valence electrons. The molecule has 0 aliphatic rings. The number of pyridine rings is 1. The number of fused-ring (bicyclic) bond motifs is 1. The van der Waals surface area contributed by atoms with E-state index in [0.717, 1.165) is 32.3 Å². The minimum atomic E-state index is -4.28. The number of aldehydes is 1. The van der Waals surface area contributed by atoms with Gasteiger partial charge in [0.05, 0.1) is 25.3 Å². The maximum absolute atomic E-state index is 13.0. The molecule has 0 amide bonds. The van der Waals surface area contributed by atoms with Gasteiger partial charge in [0.15, 0.2) is 4.90 Å². The first-order valence-electron chi connectivity index (χ1n) is 10.4. The summed E-state index contributed by atoms with van der Waals surface area (Å²) in [6, 6.07) is 9.93. The van der Waals surface area contributed by atoms with Crippen LogP contribution < -0.4 is 10.0 Å². The van der Waals surface area contributed by atoms with Crippen LogP contribution in [0.2, 0.25) is 5.15 Å². The molecule has 0 unspecified atom stereocenters. The number of anilines is 1. The highest BCUT2D eigenvalue weighted by Gasteiger charge is 2.29. The Labute approximate surface area is 227 Å². The molecule has 1 atom stereocenters. The Morgan fingerprint density at radius 1 is 1.25 bits per heavy atom. The van der Waals surface area contributed by atoms with Gasteiger partial charge in [-0.2, -0.15) is 0 Å². The van der Waals surface area contributed by atoms with Crippen molar-refractivity contribution in [2.75, 3.05) is 5.32 Å². The summed E-state index contributed by atoms with van der Waals surface area (Å²) in [6.45, 7) is 0.599. The summed E-state index contributed by atoms with van der Waals surface area (Å²) in [7, 11) is -4.28. The molecule has 36 heavy (non-hydrogen) atoms. The molecule has 4 rings (SSSR count). The van der Waals surface area contributed by atoms with Crippen molar-refractivity contribution < 1.29 is 18.1 Å². The third-order valence-electron chi connectivity index (χ3n) is 5.14. The lowest BCUT2D eigenvalue weighted by atomic mass is 10.1. The molecule has 9 nitrogen and oxygen atoms in total. The van der Waals surface area contributed by atoms with E-state index in [9.17, 15) is 23.3 Å². The van der Waals surface area contributed by atoms with E-state index in [-0.39, 0.29) is 12.8 Å². The van der Waals surface area contributed by atoms with Gasteiger partial charge in [0, 0.05) is 40.9 Å². The predicted octanol–water partition coefficient (Wildman–Crippen LogP) is 5.77. The second kappa shape index (κ2) is 11.3. The molecule has 0 saturated heterocycles. The maximum Gasteiger partial charge on any atom is 0.289 e. The Kier molecular flexibility index (Phi) is 8.37. The molecular formula is C22H18BrClN4O5S3. The first-order valence-corrected chi connectivity index (χ1v) is 14.8. The third-order valence-corrected chi connectivity index (χ3v) is 10.1. The second-order valence-corrected chi connectivity index (χ2v) is 12.6. The van der Waals surface area contributed by atoms with Crippen molar-refractivity contribution in [3.05, 3.63) is 77.3 Å². The first kappa shape index (κ1) is 26.6. The monoisotopic (exact) mass is 628 g/mol. The molecule has 3 heterocycles. The molecule has 14 heteroatoms. The topological polar surface area (TPSA) is 131 Å². The lowest BCUT2D eigenvalue weighted by molar-refractivity contribution is -0.387. The largest absolute Gasteiger partial charge is 0.379 e. The molecule has 0 spiro atoms. The van der Waals surface area contributed by atoms with Gasteiger partial charge in [-0.1, -0.05) is 29.8 Å². The molecular weight excluding hydrogens is 612 g/mol. The highest BCUT2D eigenvalue weighted by atomic mass is 79.9. The summed E-state index contributed by atoms with van der Waals surface area (Å²) in [5.41, 5.74) is 0.851. The molecule has 0 aliphatic heterocycles. The molecule has 0 aliphatic carbocycles. The quantitative estimate of drug-likeness (QED) is 0.0932. The fourth-order valence-electron chi connectivity index (χ4n) is 3.54. The molecule has 4 aromatic rings. The number of aromatic nitrogens is 1. The van der Waals surface area contributed by atoms with Crippen molar-refractivity contribution in [2.24, 2.45) is 0 Å². The van der Waals surface area contributed by atoms with Crippen molar-refractivity contribution in [3.63, 3.8) is 0 Å². The minimum Gasteiger partial charge on any atom is -0.379 e. The van der Waals surface area contributed by atoms with E-state index in [1.807, 2.05) is 17.5 Å². The van der Waals surface area contributed by atoms with Gasteiger partial charge in [-0.3, -0.25) is 10.1 Å². The zero-order valence-electron chi connectivity index (χ0n) is 18.3. The van der Waals surface area contributed by atoms with Gasteiger partial charge in [-0.25, -0.2) is 18.1 Å². The van der Waals surface area contributed by atoms with Gasteiger partial charge in [-0.15, -0.1) is 22.7 Å². The summed E-state index contributed by atoms with van der Waals surface area (Å²) in [4.78, 5) is 27.8. The van der Waals surface area contributed by atoms with Gasteiger partial charge in [-0.05, 0) is 39.9 Å². The number of sulfonamides is 1. The second-order valence-electron chi connectivity index (χ2n) is 7.59. The number of nitro benzene ring substituents is 1. The van der Waals surface area contributed by atoms with Gasteiger partial charge >= 0.3 is 0 Å². The number of hydrogen-bond acceptors (Lipinski definition) is 9. The summed E-state index contributed by atoms with van der Waals surface area (Å²) < 4.78 is 29.9. The lowest BCUT2D eigenvalue weighted by Gasteiger charge is -2.16. The maximum atomic E-state index is 13.0. The Morgan fingerprint density at radius 3 is 2.72 bits per heavy atom. The fourth-order valence-corrected chi connectivity index (χ4v) is 7.83. The van der Waals surface area contributed by atoms with Crippen molar-refractivity contribution >= 4 is 88.1 Å². The molecule has 3 aromatic heterocycles. The number of hydrogen-bond donors (Lipinski definition) is 2. The highest BCUT2D eigenvalue weighted by Crippen LogP contribution is 2.40. The van der Waals surface area contributed by atoms with E-state index < -0.39 is 31.6 Å². The predicted molar refractivity (Wildman–Crippen MR) is 146 cm³/mol. The van der Waals surface area contributed by atoms with E-state index in [1.165, 1.54) is 23.5 Å². The lowest BCUT2D eigenvalue weighted by Crippen LogP contribution is -2.37. The van der Waals surface area contributed by atoms with Gasteiger partial charge < -0.3 is 10.1 Å². The van der Waals surface area contributed by atoms with Crippen LogP contribution in [0.25, 0.3) is 10.2 Å². The Balaban J connectivity index is 1.63. The number of nitrogens with zero attached hydrogens (tertiary/aromatic N) is 2. The number of carbonyl (C=O) groups excluding carboxylic acids is 1. The summed E-state index contributed by atoms with van der Waals surface area (Å²) in [6.07, 6.45) is 0.636. The van der Waals surface area contributed by atoms with Crippen molar-refractivity contribution in [1.82, 2.24) is 9.71 Å². The molecule has 0 fully saturated rings. The summed E-state index contributed by atoms with van der Waals surface area (Å²) in [5.74, 6) is 0. The average Bonchev–Trinajstić information content (AvgIpc) is 3.46. The first-order chi connectivity index (χ1) is 17.2. The van der Waals surface area contributed by atoms with Crippen LogP contribution in [0.3, 0.4) is 0 Å². The molecule has 1 aromatic carbocycles. The number of halogens is 2. The Bertz CT molecular complexity index is 1530. The van der Waals surface area contributed by atoms with E-state index in [4.69, 9.17) is 11.6 Å². The van der Waals surface area contributed by atoms with Crippen molar-refractivity contribution in [2.45, 2.75) is 30.3 Å². The van der Waals surface area contributed by atoms with Crippen molar-refractivity contribution in [3.8, 4) is 0 Å². The van der Waals surface area contributed by atoms with Crippen LogP contribution in [0.5, 0.6) is 0 Å². The standard InChI is InChI=1S/C22H18BrClN4O5S3/c23-20-17(35-22-15(11-19(24)26-21(20)22)25-12-14-4-3-9-34-14)10-13(7-8-29)27-36(32,33)18-6-2-1-5-16(18)28(30)31/h1-6,8-9,11,13,27H,7,10,12H2,(H,25,26)/t13-/m0/s1. The van der Waals surface area contributed by atoms with Gasteiger partial charge in [0.25, 0.3) is 5.69 Å². The zero-order valence-corrected chi connectivity index (χ0v) is 23.1. The van der Waals surface area contributed by atoms with Gasteiger partial charge in [0.2, 0.25) is 10.0 Å². The molecule has 0 radical (unpaired) electrons. The van der Waals surface area contributed by atoms with Crippen LogP contribution in [0.15, 0.2) is 57.2 Å². The number of carbonyl (C=O) groups is 1. The summed E-state index contributed by atoms with van der Waals surface area (Å²) >= 11 is 12.8. The van der Waals surface area contributed by atoms with Crippen LogP contribution in [-0.2, 0) is 27.8 Å². The third kappa shape index (κ3) is 5.93. The normalized spacial score (nSPS) is 12.5. The number of nitro groups is 1. The molecule has 0 saturated carbocycles. The van der Waals surface area contributed by atoms with E-state index >= 15 is 0 Å². The van der Waals surface area contributed by atoms with E-state index in [1.54, 1.807) is 17.4 Å². The van der Waals surface area contributed by atoms with Crippen LogP contribution in [0.1, 0.15) is 16.2 Å².